The van der Waals surface area contributed by atoms with Crippen molar-refractivity contribution in [2.45, 2.75) is 57.3 Å². The highest BCUT2D eigenvalue weighted by atomic mass is 14.9. The Kier molecular flexibility index (Phi) is 6.26. The maximum absolute atomic E-state index is 5.20. The Hall–Kier alpha value is -4.56. The fourth-order valence-corrected chi connectivity index (χ4v) is 7.68. The van der Waals surface area contributed by atoms with Gasteiger partial charge in [0.1, 0.15) is 0 Å². The second-order valence-corrected chi connectivity index (χ2v) is 12.8. The highest BCUT2D eigenvalue weighted by molar-refractivity contribution is 5.90. The maximum Gasteiger partial charge on any atom is 0.160 e. The molecule has 1 heterocycles. The Labute approximate surface area is 254 Å². The van der Waals surface area contributed by atoms with Gasteiger partial charge in [-0.15, -0.1) is 0 Å². The molecule has 0 bridgehead atoms. The SMILES string of the molecule is CC1(C)C2=CC(c3ccc(-c4cc(-c5ccccc5)nc(-c5ccccc5)n4)c4c3CCCC4)CC=C2c2ccccc21. The van der Waals surface area contributed by atoms with Gasteiger partial charge in [0.15, 0.2) is 5.82 Å². The van der Waals surface area contributed by atoms with Gasteiger partial charge < -0.3 is 0 Å². The summed E-state index contributed by atoms with van der Waals surface area (Å²) in [5, 5.41) is 0. The minimum absolute atomic E-state index is 0.0315. The summed E-state index contributed by atoms with van der Waals surface area (Å²) < 4.78 is 0. The van der Waals surface area contributed by atoms with Crippen molar-refractivity contribution in [2.75, 3.05) is 0 Å². The Morgan fingerprint density at radius 3 is 2.12 bits per heavy atom. The molecule has 1 aromatic heterocycles. The van der Waals surface area contributed by atoms with Crippen molar-refractivity contribution in [3.8, 4) is 33.9 Å². The van der Waals surface area contributed by atoms with E-state index in [0.717, 1.165) is 47.6 Å². The molecule has 0 aliphatic heterocycles. The fourth-order valence-electron chi connectivity index (χ4n) is 7.68. The van der Waals surface area contributed by atoms with E-state index in [1.54, 1.807) is 5.56 Å². The predicted octanol–water partition coefficient (Wildman–Crippen LogP) is 10.1. The molecule has 43 heavy (non-hydrogen) atoms. The van der Waals surface area contributed by atoms with Crippen LogP contribution in [0.3, 0.4) is 0 Å². The number of nitrogens with zero attached hydrogens (tertiary/aromatic N) is 2. The third kappa shape index (κ3) is 4.39. The summed E-state index contributed by atoms with van der Waals surface area (Å²) >= 11 is 0. The van der Waals surface area contributed by atoms with Gasteiger partial charge in [-0.1, -0.05) is 123 Å². The van der Waals surface area contributed by atoms with E-state index in [1.807, 2.05) is 6.07 Å². The standard InChI is InChI=1S/C41H36N2/c1-41(2)36-20-12-11-19-33(36)34-22-21-29(25-37(34)41)30-23-24-35(32-18-10-9-17-31(30)32)39-26-38(27-13-5-3-6-14-27)42-40(43-39)28-15-7-4-8-16-28/h3-8,11-16,19-20,22-26,29H,9-10,17-18,21H2,1-2H3. The lowest BCUT2D eigenvalue weighted by Crippen LogP contribution is -2.18. The van der Waals surface area contributed by atoms with E-state index >= 15 is 0 Å². The van der Waals surface area contributed by atoms with E-state index in [2.05, 4.69) is 123 Å². The Balaban J connectivity index is 1.25. The largest absolute Gasteiger partial charge is 0.228 e. The van der Waals surface area contributed by atoms with Gasteiger partial charge in [0.05, 0.1) is 11.4 Å². The Morgan fingerprint density at radius 1 is 0.651 bits per heavy atom. The monoisotopic (exact) mass is 556 g/mol. The number of benzene rings is 4. The molecule has 0 fully saturated rings. The van der Waals surface area contributed by atoms with Crippen LogP contribution in [0.4, 0.5) is 0 Å². The van der Waals surface area contributed by atoms with Gasteiger partial charge in [-0.3, -0.25) is 0 Å². The summed E-state index contributed by atoms with van der Waals surface area (Å²) in [7, 11) is 0. The zero-order valence-electron chi connectivity index (χ0n) is 25.0. The predicted molar refractivity (Wildman–Crippen MR) is 178 cm³/mol. The molecule has 5 aromatic rings. The van der Waals surface area contributed by atoms with Crippen LogP contribution in [-0.2, 0) is 18.3 Å². The van der Waals surface area contributed by atoms with Crippen LogP contribution in [0.2, 0.25) is 0 Å². The second kappa shape index (κ2) is 10.3. The van der Waals surface area contributed by atoms with Crippen LogP contribution < -0.4 is 0 Å². The normalized spacial score (nSPS) is 18.2. The molecule has 0 amide bonds. The molecule has 0 radical (unpaired) electrons. The third-order valence-corrected chi connectivity index (χ3v) is 9.87. The third-order valence-electron chi connectivity index (χ3n) is 9.87. The van der Waals surface area contributed by atoms with Crippen LogP contribution in [-0.4, -0.2) is 9.97 Å². The molecule has 1 unspecified atom stereocenters. The molecule has 3 aliphatic rings. The summed E-state index contributed by atoms with van der Waals surface area (Å²) in [5.74, 6) is 1.18. The number of aromatic nitrogens is 2. The first-order valence-corrected chi connectivity index (χ1v) is 15.8. The van der Waals surface area contributed by atoms with Crippen molar-refractivity contribution in [1.29, 1.82) is 0 Å². The number of fused-ring (bicyclic) bond motifs is 4. The van der Waals surface area contributed by atoms with E-state index in [1.165, 1.54) is 51.8 Å². The van der Waals surface area contributed by atoms with E-state index < -0.39 is 0 Å². The first-order chi connectivity index (χ1) is 21.1. The second-order valence-electron chi connectivity index (χ2n) is 12.8. The lowest BCUT2D eigenvalue weighted by Gasteiger charge is -2.30. The van der Waals surface area contributed by atoms with Crippen molar-refractivity contribution >= 4 is 5.57 Å². The van der Waals surface area contributed by atoms with Crippen molar-refractivity contribution in [3.05, 3.63) is 149 Å². The summed E-state index contributed by atoms with van der Waals surface area (Å²) in [6.45, 7) is 4.78. The van der Waals surface area contributed by atoms with Crippen LogP contribution >= 0.6 is 0 Å². The Morgan fingerprint density at radius 2 is 1.33 bits per heavy atom. The molecule has 0 saturated carbocycles. The maximum atomic E-state index is 5.20. The molecule has 0 spiro atoms. The molecule has 210 valence electrons. The molecule has 0 saturated heterocycles. The van der Waals surface area contributed by atoms with Gasteiger partial charge in [0.2, 0.25) is 0 Å². The van der Waals surface area contributed by atoms with Crippen LogP contribution in [0.25, 0.3) is 39.5 Å². The van der Waals surface area contributed by atoms with Gasteiger partial charge in [0.25, 0.3) is 0 Å². The number of hydrogen-bond donors (Lipinski definition) is 0. The Bertz CT molecular complexity index is 1850. The number of rotatable bonds is 4. The zero-order chi connectivity index (χ0) is 29.0. The minimum atomic E-state index is 0.0315. The van der Waals surface area contributed by atoms with Gasteiger partial charge in [-0.05, 0) is 77.1 Å². The smallest absolute Gasteiger partial charge is 0.160 e. The average molecular weight is 557 g/mol. The van der Waals surface area contributed by atoms with Crippen molar-refractivity contribution in [2.24, 2.45) is 0 Å². The van der Waals surface area contributed by atoms with Crippen LogP contribution in [0.1, 0.15) is 66.8 Å². The highest BCUT2D eigenvalue weighted by Gasteiger charge is 2.40. The summed E-state index contributed by atoms with van der Waals surface area (Å²) in [6, 6.07) is 36.8. The minimum Gasteiger partial charge on any atom is -0.228 e. The van der Waals surface area contributed by atoms with Gasteiger partial charge in [-0.2, -0.15) is 0 Å². The molecule has 8 rings (SSSR count). The van der Waals surface area contributed by atoms with Crippen molar-refractivity contribution in [3.63, 3.8) is 0 Å². The van der Waals surface area contributed by atoms with Crippen molar-refractivity contribution in [1.82, 2.24) is 9.97 Å². The van der Waals surface area contributed by atoms with Gasteiger partial charge in [0, 0.05) is 28.0 Å². The van der Waals surface area contributed by atoms with E-state index in [-0.39, 0.29) is 5.41 Å². The quantitative estimate of drug-likeness (QED) is 0.220. The first kappa shape index (κ1) is 26.1. The van der Waals surface area contributed by atoms with Gasteiger partial charge in [-0.25, -0.2) is 9.97 Å². The average Bonchev–Trinajstić information content (AvgIpc) is 3.30. The topological polar surface area (TPSA) is 25.8 Å². The molecule has 0 N–H and O–H groups in total. The molecule has 2 heteroatoms. The zero-order valence-corrected chi connectivity index (χ0v) is 25.0. The van der Waals surface area contributed by atoms with Crippen molar-refractivity contribution < 1.29 is 0 Å². The summed E-state index contributed by atoms with van der Waals surface area (Å²) in [5.41, 5.74) is 15.8. The van der Waals surface area contributed by atoms with Gasteiger partial charge >= 0.3 is 0 Å². The lowest BCUT2D eigenvalue weighted by atomic mass is 9.74. The fraction of sp³-hybridized carbons (Fsp3) is 0.220. The van der Waals surface area contributed by atoms with E-state index in [4.69, 9.17) is 9.97 Å². The van der Waals surface area contributed by atoms with E-state index in [9.17, 15) is 0 Å². The number of allylic oxidation sites excluding steroid dienone is 4. The molecule has 1 atom stereocenters. The molecular formula is C41H36N2. The highest BCUT2D eigenvalue weighted by Crippen LogP contribution is 2.53. The first-order valence-electron chi connectivity index (χ1n) is 15.8. The lowest BCUT2D eigenvalue weighted by molar-refractivity contribution is 0.643. The molecule has 2 nitrogen and oxygen atoms in total. The summed E-state index contributed by atoms with van der Waals surface area (Å²) in [4.78, 5) is 10.2. The summed E-state index contributed by atoms with van der Waals surface area (Å²) in [6.07, 6.45) is 10.9. The molecular weight excluding hydrogens is 520 g/mol. The van der Waals surface area contributed by atoms with Crippen LogP contribution in [0.15, 0.2) is 121 Å². The van der Waals surface area contributed by atoms with E-state index in [0.29, 0.717) is 5.92 Å². The molecule has 3 aliphatic carbocycles. The van der Waals surface area contributed by atoms with Crippen LogP contribution in [0, 0.1) is 0 Å². The number of hydrogen-bond acceptors (Lipinski definition) is 2. The van der Waals surface area contributed by atoms with Crippen LogP contribution in [0.5, 0.6) is 0 Å². The molecule has 4 aromatic carbocycles.